The van der Waals surface area contributed by atoms with E-state index in [9.17, 15) is 9.90 Å². The molecule has 29 heavy (non-hydrogen) atoms. The van der Waals surface area contributed by atoms with E-state index in [1.807, 2.05) is 41.1 Å². The van der Waals surface area contributed by atoms with Crippen molar-refractivity contribution in [3.63, 3.8) is 0 Å². The Morgan fingerprint density at radius 3 is 2.72 bits per heavy atom. The molecule has 1 amide bonds. The van der Waals surface area contributed by atoms with E-state index in [4.69, 9.17) is 4.74 Å². The van der Waals surface area contributed by atoms with Crippen molar-refractivity contribution in [1.82, 2.24) is 19.8 Å². The van der Waals surface area contributed by atoms with Gasteiger partial charge in [-0.05, 0) is 17.7 Å². The number of hydrogen-bond acceptors (Lipinski definition) is 5. The van der Waals surface area contributed by atoms with Gasteiger partial charge in [0.2, 0.25) is 11.8 Å². The fourth-order valence-corrected chi connectivity index (χ4v) is 3.80. The number of nitrogens with zero attached hydrogens (tertiary/aromatic N) is 3. The average molecular weight is 394 g/mol. The van der Waals surface area contributed by atoms with Crippen LogP contribution in [0.4, 0.5) is 0 Å². The zero-order valence-corrected chi connectivity index (χ0v) is 16.6. The topological polar surface area (TPSA) is 79.6 Å². The lowest BCUT2D eigenvalue weighted by Gasteiger charge is -2.26. The van der Waals surface area contributed by atoms with Crippen molar-refractivity contribution >= 4 is 16.8 Å². The zero-order valence-electron chi connectivity index (χ0n) is 16.6. The van der Waals surface area contributed by atoms with Crippen molar-refractivity contribution in [2.24, 2.45) is 0 Å². The summed E-state index contributed by atoms with van der Waals surface area (Å²) in [4.78, 5) is 18.2. The van der Waals surface area contributed by atoms with Crippen LogP contribution in [-0.4, -0.2) is 58.3 Å². The highest BCUT2D eigenvalue weighted by Crippen LogP contribution is 2.38. The minimum atomic E-state index is -0.0845. The number of nitrogens with one attached hydrogen (secondary N) is 1. The van der Waals surface area contributed by atoms with Gasteiger partial charge in [0.1, 0.15) is 0 Å². The first kappa shape index (κ1) is 19.4. The first-order valence-corrected chi connectivity index (χ1v) is 9.93. The maximum absolute atomic E-state index is 11.2. The summed E-state index contributed by atoms with van der Waals surface area (Å²) in [5.41, 5.74) is 3.53. The van der Waals surface area contributed by atoms with Gasteiger partial charge in [-0.25, -0.2) is 0 Å². The largest absolute Gasteiger partial charge is 0.494 e. The number of ether oxygens (including phenoxy) is 1. The lowest BCUT2D eigenvalue weighted by atomic mass is 10.1. The summed E-state index contributed by atoms with van der Waals surface area (Å²) in [7, 11) is 0. The third kappa shape index (κ3) is 4.26. The fourth-order valence-electron chi connectivity index (χ4n) is 3.80. The second-order valence-electron chi connectivity index (χ2n) is 7.29. The molecule has 1 aromatic carbocycles. The van der Waals surface area contributed by atoms with Crippen LogP contribution in [-0.2, 0) is 22.6 Å². The van der Waals surface area contributed by atoms with E-state index in [0.717, 1.165) is 60.6 Å². The van der Waals surface area contributed by atoms with Crippen molar-refractivity contribution in [3.05, 3.63) is 48.2 Å². The van der Waals surface area contributed by atoms with Gasteiger partial charge < -0.3 is 19.7 Å². The van der Waals surface area contributed by atoms with Gasteiger partial charge in [0.05, 0.1) is 30.0 Å². The van der Waals surface area contributed by atoms with Crippen LogP contribution < -0.4 is 5.32 Å². The molecule has 2 N–H and O–H groups in total. The normalized spacial score (nSPS) is 14.9. The smallest absolute Gasteiger partial charge is 0.216 e. The third-order valence-corrected chi connectivity index (χ3v) is 5.24. The van der Waals surface area contributed by atoms with E-state index in [-0.39, 0.29) is 11.8 Å². The van der Waals surface area contributed by atoms with Crippen LogP contribution in [0.1, 0.15) is 12.5 Å². The second kappa shape index (κ2) is 8.63. The Morgan fingerprint density at radius 2 is 2.00 bits per heavy atom. The van der Waals surface area contributed by atoms with E-state index < -0.39 is 0 Å². The minimum Gasteiger partial charge on any atom is -0.494 e. The predicted octanol–water partition coefficient (Wildman–Crippen LogP) is 2.38. The van der Waals surface area contributed by atoms with E-state index in [2.05, 4.69) is 21.3 Å². The summed E-state index contributed by atoms with van der Waals surface area (Å²) in [5, 5.41) is 14.7. The number of pyridine rings is 1. The van der Waals surface area contributed by atoms with Crippen LogP contribution in [0.15, 0.2) is 42.6 Å². The van der Waals surface area contributed by atoms with E-state index in [1.165, 1.54) is 6.92 Å². The van der Waals surface area contributed by atoms with Gasteiger partial charge in [-0.3, -0.25) is 14.7 Å². The molecule has 152 valence electrons. The molecule has 0 atom stereocenters. The van der Waals surface area contributed by atoms with E-state index in [0.29, 0.717) is 13.1 Å². The summed E-state index contributed by atoms with van der Waals surface area (Å²) >= 11 is 0. The highest BCUT2D eigenvalue weighted by atomic mass is 16.5. The Bertz CT molecular complexity index is 991. The summed E-state index contributed by atoms with van der Waals surface area (Å²) in [6, 6.07) is 11.9. The molecule has 0 aliphatic carbocycles. The van der Waals surface area contributed by atoms with Crippen LogP contribution in [0.25, 0.3) is 22.2 Å². The highest BCUT2D eigenvalue weighted by molar-refractivity contribution is 5.98. The van der Waals surface area contributed by atoms with Crippen molar-refractivity contribution in [3.8, 4) is 17.1 Å². The molecule has 7 heteroatoms. The summed E-state index contributed by atoms with van der Waals surface area (Å²) in [5.74, 6) is 0.0867. The van der Waals surface area contributed by atoms with Crippen LogP contribution in [0.3, 0.4) is 0 Å². The molecule has 0 saturated carbocycles. The van der Waals surface area contributed by atoms with Gasteiger partial charge in [-0.1, -0.05) is 24.3 Å². The average Bonchev–Trinajstić information content (AvgIpc) is 3.01. The van der Waals surface area contributed by atoms with Crippen molar-refractivity contribution in [1.29, 1.82) is 0 Å². The zero-order chi connectivity index (χ0) is 20.2. The molecule has 7 nitrogen and oxygen atoms in total. The van der Waals surface area contributed by atoms with Gasteiger partial charge in [0.15, 0.2) is 0 Å². The Balaban J connectivity index is 1.61. The predicted molar refractivity (Wildman–Crippen MR) is 112 cm³/mol. The number of carbonyl (C=O) groups excluding carboxylic acids is 1. The molecular weight excluding hydrogens is 368 g/mol. The summed E-state index contributed by atoms with van der Waals surface area (Å²) in [6.45, 7) is 6.69. The Kier molecular flexibility index (Phi) is 5.78. The Hall–Kier alpha value is -2.90. The lowest BCUT2D eigenvalue weighted by Crippen LogP contribution is -2.35. The number of hydrogen-bond donors (Lipinski definition) is 2. The molecule has 1 aliphatic rings. The van der Waals surface area contributed by atoms with E-state index in [1.54, 1.807) is 0 Å². The van der Waals surface area contributed by atoms with Crippen molar-refractivity contribution in [2.75, 3.05) is 32.8 Å². The second-order valence-corrected chi connectivity index (χ2v) is 7.29. The van der Waals surface area contributed by atoms with Crippen LogP contribution in [0.2, 0.25) is 0 Å². The Morgan fingerprint density at radius 1 is 1.21 bits per heavy atom. The van der Waals surface area contributed by atoms with Gasteiger partial charge in [0, 0.05) is 51.2 Å². The molecule has 0 radical (unpaired) electrons. The third-order valence-electron chi connectivity index (χ3n) is 5.24. The van der Waals surface area contributed by atoms with Crippen LogP contribution in [0, 0.1) is 0 Å². The van der Waals surface area contributed by atoms with Gasteiger partial charge in [0.25, 0.3) is 0 Å². The monoisotopic (exact) mass is 394 g/mol. The maximum Gasteiger partial charge on any atom is 0.216 e. The maximum atomic E-state index is 11.2. The number of amides is 1. The van der Waals surface area contributed by atoms with E-state index >= 15 is 0 Å². The van der Waals surface area contributed by atoms with Gasteiger partial charge >= 0.3 is 0 Å². The number of morpholine rings is 1. The van der Waals surface area contributed by atoms with Crippen LogP contribution in [0.5, 0.6) is 5.88 Å². The van der Waals surface area contributed by atoms with Crippen LogP contribution >= 0.6 is 0 Å². The van der Waals surface area contributed by atoms with Gasteiger partial charge in [-0.2, -0.15) is 0 Å². The molecule has 3 heterocycles. The molecule has 1 saturated heterocycles. The first-order chi connectivity index (χ1) is 14.1. The number of aromatic nitrogens is 2. The first-order valence-electron chi connectivity index (χ1n) is 9.93. The fraction of sp³-hybridized carbons (Fsp3) is 0.364. The molecule has 1 aliphatic heterocycles. The lowest BCUT2D eigenvalue weighted by molar-refractivity contribution is -0.118. The van der Waals surface area contributed by atoms with Crippen molar-refractivity contribution in [2.45, 2.75) is 20.0 Å². The molecule has 1 fully saturated rings. The molecule has 0 bridgehead atoms. The highest BCUT2D eigenvalue weighted by Gasteiger charge is 2.19. The molecule has 3 aromatic rings. The number of rotatable bonds is 6. The SMILES string of the molecule is CC(=O)NCCn1c(O)c(-c2ccc(CN3CCOCC3)cn2)c2ccccc21. The number of benzene rings is 1. The quantitative estimate of drug-likeness (QED) is 0.671. The molecule has 0 spiro atoms. The molecular formula is C22H26N4O3. The number of para-hydroxylation sites is 1. The number of fused-ring (bicyclic) bond motifs is 1. The molecule has 2 aromatic heterocycles. The van der Waals surface area contributed by atoms with Gasteiger partial charge in [-0.15, -0.1) is 0 Å². The Labute approximate surface area is 169 Å². The molecule has 0 unspecified atom stereocenters. The molecule has 4 rings (SSSR count). The standard InChI is InChI=1S/C22H26N4O3/c1-16(27)23-8-9-26-20-5-3-2-4-18(20)21(22(26)28)19-7-6-17(14-24-19)15-25-10-12-29-13-11-25/h2-7,14,28H,8-13,15H2,1H3,(H,23,27). The number of aromatic hydroxyl groups is 1. The van der Waals surface area contributed by atoms with Crippen molar-refractivity contribution < 1.29 is 14.6 Å². The number of carbonyl (C=O) groups is 1. The minimum absolute atomic E-state index is 0.0845. The summed E-state index contributed by atoms with van der Waals surface area (Å²) < 4.78 is 7.22. The summed E-state index contributed by atoms with van der Waals surface area (Å²) in [6.07, 6.45) is 1.88.